The molecule has 1 fully saturated rings. The van der Waals surface area contributed by atoms with Crippen molar-refractivity contribution < 1.29 is 9.53 Å². The molecule has 1 aliphatic heterocycles. The molecule has 0 spiro atoms. The van der Waals surface area contributed by atoms with E-state index in [1.54, 1.807) is 11.3 Å². The summed E-state index contributed by atoms with van der Waals surface area (Å²) in [5.74, 6) is 0.0905. The molecule has 3 nitrogen and oxygen atoms in total. The van der Waals surface area contributed by atoms with Gasteiger partial charge in [0, 0.05) is 28.6 Å². The third-order valence-electron chi connectivity index (χ3n) is 3.90. The molecular weight excluding hydrogens is 362 g/mol. The lowest BCUT2D eigenvalue weighted by Gasteiger charge is -2.34. The van der Waals surface area contributed by atoms with Gasteiger partial charge in [0.15, 0.2) is 0 Å². The second kappa shape index (κ2) is 7.40. The number of hydrogen-bond acceptors (Lipinski definition) is 3. The lowest BCUT2D eigenvalue weighted by molar-refractivity contribution is 0.0269. The van der Waals surface area contributed by atoms with Crippen molar-refractivity contribution >= 4 is 33.2 Å². The van der Waals surface area contributed by atoms with Crippen LogP contribution < -0.4 is 0 Å². The summed E-state index contributed by atoms with van der Waals surface area (Å²) in [6, 6.07) is 12.0. The normalized spacial score (nSPS) is 15.7. The van der Waals surface area contributed by atoms with Crippen molar-refractivity contribution in [2.75, 3.05) is 13.2 Å². The third kappa shape index (κ3) is 3.59. The van der Waals surface area contributed by atoms with Crippen LogP contribution in [0.4, 0.5) is 0 Å². The van der Waals surface area contributed by atoms with E-state index in [0.717, 1.165) is 36.1 Å². The monoisotopic (exact) mass is 379 g/mol. The molecule has 0 saturated carbocycles. The topological polar surface area (TPSA) is 29.5 Å². The molecule has 22 heavy (non-hydrogen) atoms. The Kier molecular flexibility index (Phi) is 5.28. The smallest absolute Gasteiger partial charge is 0.255 e. The van der Waals surface area contributed by atoms with Crippen LogP contribution in [0, 0.1) is 0 Å². The lowest BCUT2D eigenvalue weighted by Crippen LogP contribution is -2.43. The highest BCUT2D eigenvalue weighted by Gasteiger charge is 2.27. The molecule has 3 rings (SSSR count). The van der Waals surface area contributed by atoms with E-state index in [1.807, 2.05) is 35.2 Å². The van der Waals surface area contributed by atoms with Crippen LogP contribution in [-0.4, -0.2) is 30.1 Å². The van der Waals surface area contributed by atoms with Crippen molar-refractivity contribution in [3.05, 3.63) is 56.7 Å². The summed E-state index contributed by atoms with van der Waals surface area (Å²) in [6.07, 6.45) is 1.81. The molecule has 0 bridgehead atoms. The van der Waals surface area contributed by atoms with Gasteiger partial charge in [-0.3, -0.25) is 4.79 Å². The minimum Gasteiger partial charge on any atom is -0.381 e. The SMILES string of the molecule is O=C(c1ccccc1Br)N(Cc1cccs1)C1CCOCC1. The standard InChI is InChI=1S/C17H18BrNO2S/c18-16-6-2-1-5-15(16)17(20)19(12-14-4-3-11-22-14)13-7-9-21-10-8-13/h1-6,11,13H,7-10,12H2. The van der Waals surface area contributed by atoms with Crippen LogP contribution in [0.3, 0.4) is 0 Å². The first-order chi connectivity index (χ1) is 10.8. The Morgan fingerprint density at radius 2 is 2.00 bits per heavy atom. The van der Waals surface area contributed by atoms with Crippen LogP contribution >= 0.6 is 27.3 Å². The van der Waals surface area contributed by atoms with Gasteiger partial charge in [0.05, 0.1) is 12.1 Å². The van der Waals surface area contributed by atoms with Crippen LogP contribution in [0.1, 0.15) is 28.1 Å². The van der Waals surface area contributed by atoms with E-state index in [0.29, 0.717) is 6.54 Å². The summed E-state index contributed by atoms with van der Waals surface area (Å²) in [7, 11) is 0. The summed E-state index contributed by atoms with van der Waals surface area (Å²) in [4.78, 5) is 16.3. The van der Waals surface area contributed by atoms with Gasteiger partial charge in [-0.2, -0.15) is 0 Å². The molecule has 1 saturated heterocycles. The maximum Gasteiger partial charge on any atom is 0.255 e. The first kappa shape index (κ1) is 15.7. The Balaban J connectivity index is 1.86. The number of benzene rings is 1. The average Bonchev–Trinajstić information content (AvgIpc) is 3.06. The average molecular weight is 380 g/mol. The van der Waals surface area contributed by atoms with Gasteiger partial charge < -0.3 is 9.64 Å². The number of rotatable bonds is 4. The van der Waals surface area contributed by atoms with Gasteiger partial charge in [-0.15, -0.1) is 11.3 Å². The number of halogens is 1. The van der Waals surface area contributed by atoms with Gasteiger partial charge in [0.2, 0.25) is 0 Å². The van der Waals surface area contributed by atoms with Gasteiger partial charge in [-0.25, -0.2) is 0 Å². The van der Waals surface area contributed by atoms with Gasteiger partial charge in [0.25, 0.3) is 5.91 Å². The summed E-state index contributed by atoms with van der Waals surface area (Å²) >= 11 is 5.19. The first-order valence-electron chi connectivity index (χ1n) is 7.41. The molecule has 0 N–H and O–H groups in total. The second-order valence-corrected chi connectivity index (χ2v) is 7.22. The largest absolute Gasteiger partial charge is 0.381 e. The molecule has 1 amide bonds. The van der Waals surface area contributed by atoms with Crippen molar-refractivity contribution in [3.63, 3.8) is 0 Å². The fourth-order valence-electron chi connectivity index (χ4n) is 2.72. The number of thiophene rings is 1. The summed E-state index contributed by atoms with van der Waals surface area (Å²) in [5, 5.41) is 2.06. The fraction of sp³-hybridized carbons (Fsp3) is 0.353. The highest BCUT2D eigenvalue weighted by Crippen LogP contribution is 2.25. The Morgan fingerprint density at radius 1 is 1.23 bits per heavy atom. The zero-order valence-corrected chi connectivity index (χ0v) is 14.6. The Hall–Kier alpha value is -1.17. The quantitative estimate of drug-likeness (QED) is 0.790. The molecule has 0 unspecified atom stereocenters. The molecule has 5 heteroatoms. The van der Waals surface area contributed by atoms with Crippen molar-refractivity contribution in [1.82, 2.24) is 4.90 Å². The zero-order valence-electron chi connectivity index (χ0n) is 12.2. The molecule has 1 aromatic heterocycles. The molecule has 2 heterocycles. The first-order valence-corrected chi connectivity index (χ1v) is 9.08. The van der Waals surface area contributed by atoms with E-state index in [1.165, 1.54) is 4.88 Å². The molecule has 0 atom stereocenters. The lowest BCUT2D eigenvalue weighted by atomic mass is 10.0. The zero-order chi connectivity index (χ0) is 15.4. The van der Waals surface area contributed by atoms with Gasteiger partial charge in [0.1, 0.15) is 0 Å². The molecular formula is C17H18BrNO2S. The van der Waals surface area contributed by atoms with Crippen LogP contribution in [0.5, 0.6) is 0 Å². The fourth-order valence-corrected chi connectivity index (χ4v) is 3.88. The number of carbonyl (C=O) groups is 1. The van der Waals surface area contributed by atoms with E-state index in [-0.39, 0.29) is 11.9 Å². The van der Waals surface area contributed by atoms with Gasteiger partial charge in [-0.1, -0.05) is 18.2 Å². The van der Waals surface area contributed by atoms with Crippen molar-refractivity contribution in [2.45, 2.75) is 25.4 Å². The number of ether oxygens (including phenoxy) is 1. The summed E-state index contributed by atoms with van der Waals surface area (Å²) in [6.45, 7) is 2.13. The summed E-state index contributed by atoms with van der Waals surface area (Å²) < 4.78 is 6.30. The van der Waals surface area contributed by atoms with E-state index in [2.05, 4.69) is 27.4 Å². The third-order valence-corrected chi connectivity index (χ3v) is 5.46. The van der Waals surface area contributed by atoms with Crippen LogP contribution in [0.2, 0.25) is 0 Å². The molecule has 1 aromatic carbocycles. The van der Waals surface area contributed by atoms with Crippen molar-refractivity contribution in [1.29, 1.82) is 0 Å². The minimum absolute atomic E-state index is 0.0905. The van der Waals surface area contributed by atoms with E-state index in [9.17, 15) is 4.79 Å². The molecule has 116 valence electrons. The number of nitrogens with zero attached hydrogens (tertiary/aromatic N) is 1. The predicted octanol–water partition coefficient (Wildman–Crippen LogP) is 4.33. The second-order valence-electron chi connectivity index (χ2n) is 5.34. The van der Waals surface area contributed by atoms with Crippen LogP contribution in [-0.2, 0) is 11.3 Å². The van der Waals surface area contributed by atoms with Crippen molar-refractivity contribution in [2.24, 2.45) is 0 Å². The maximum absolute atomic E-state index is 13.1. The summed E-state index contributed by atoms with van der Waals surface area (Å²) in [5.41, 5.74) is 0.727. The van der Waals surface area contributed by atoms with Crippen LogP contribution in [0.15, 0.2) is 46.3 Å². The van der Waals surface area contributed by atoms with E-state index in [4.69, 9.17) is 4.74 Å². The maximum atomic E-state index is 13.1. The predicted molar refractivity (Wildman–Crippen MR) is 92.2 cm³/mol. The molecule has 0 aliphatic carbocycles. The minimum atomic E-state index is 0.0905. The van der Waals surface area contributed by atoms with E-state index < -0.39 is 0 Å². The highest BCUT2D eigenvalue weighted by atomic mass is 79.9. The number of hydrogen-bond donors (Lipinski definition) is 0. The van der Waals surface area contributed by atoms with Crippen molar-refractivity contribution in [3.8, 4) is 0 Å². The number of amides is 1. The van der Waals surface area contributed by atoms with Crippen LogP contribution in [0.25, 0.3) is 0 Å². The highest BCUT2D eigenvalue weighted by molar-refractivity contribution is 9.10. The van der Waals surface area contributed by atoms with E-state index >= 15 is 0 Å². The Bertz CT molecular complexity index is 623. The molecule has 0 radical (unpaired) electrons. The van der Waals surface area contributed by atoms with Gasteiger partial charge in [-0.05, 0) is 52.4 Å². The Morgan fingerprint density at radius 3 is 2.68 bits per heavy atom. The Labute approximate surface area is 143 Å². The molecule has 2 aromatic rings. The number of carbonyl (C=O) groups excluding carboxylic acids is 1. The van der Waals surface area contributed by atoms with Gasteiger partial charge >= 0.3 is 0 Å². The molecule has 1 aliphatic rings.